The molecule has 100 valence electrons. The highest BCUT2D eigenvalue weighted by molar-refractivity contribution is 6.28. The van der Waals surface area contributed by atoms with Crippen molar-refractivity contribution in [2.45, 2.75) is 26.3 Å². The molecular formula is C10H17ClN6O. The summed E-state index contributed by atoms with van der Waals surface area (Å²) in [5.74, 6) is 0.446. The monoisotopic (exact) mass is 272 g/mol. The third-order valence-electron chi connectivity index (χ3n) is 1.75. The van der Waals surface area contributed by atoms with Gasteiger partial charge in [0.05, 0.1) is 6.54 Å². The number of amides is 1. The zero-order valence-electron chi connectivity index (χ0n) is 10.8. The first-order chi connectivity index (χ1) is 8.30. The van der Waals surface area contributed by atoms with Crippen LogP contribution in [0.15, 0.2) is 0 Å². The summed E-state index contributed by atoms with van der Waals surface area (Å²) in [4.78, 5) is 23.3. The fourth-order valence-electron chi connectivity index (χ4n) is 1.16. The molecule has 1 aromatic heterocycles. The van der Waals surface area contributed by atoms with Gasteiger partial charge < -0.3 is 16.0 Å². The Morgan fingerprint density at radius 3 is 2.39 bits per heavy atom. The van der Waals surface area contributed by atoms with E-state index in [-0.39, 0.29) is 29.2 Å². The van der Waals surface area contributed by atoms with Crippen LogP contribution in [0, 0.1) is 0 Å². The molecule has 0 saturated carbocycles. The second kappa shape index (κ2) is 5.81. The van der Waals surface area contributed by atoms with Gasteiger partial charge in [0, 0.05) is 12.6 Å². The van der Waals surface area contributed by atoms with Gasteiger partial charge in [-0.3, -0.25) is 4.79 Å². The minimum atomic E-state index is -0.272. The van der Waals surface area contributed by atoms with Crippen LogP contribution in [0.25, 0.3) is 0 Å². The second-order valence-corrected chi connectivity index (χ2v) is 4.99. The zero-order chi connectivity index (χ0) is 13.8. The fourth-order valence-corrected chi connectivity index (χ4v) is 1.32. The average molecular weight is 273 g/mol. The Hall–Kier alpha value is -1.63. The van der Waals surface area contributed by atoms with Gasteiger partial charge in [-0.2, -0.15) is 15.0 Å². The third kappa shape index (κ3) is 5.13. The lowest BCUT2D eigenvalue weighted by molar-refractivity contribution is -0.120. The van der Waals surface area contributed by atoms with E-state index in [0.29, 0.717) is 5.95 Å². The van der Waals surface area contributed by atoms with Crippen molar-refractivity contribution in [1.29, 1.82) is 0 Å². The van der Waals surface area contributed by atoms with Crippen molar-refractivity contribution in [3.8, 4) is 0 Å². The summed E-state index contributed by atoms with van der Waals surface area (Å²) in [5.41, 5.74) is -0.272. The quantitative estimate of drug-likeness (QED) is 0.754. The van der Waals surface area contributed by atoms with Crippen LogP contribution in [-0.4, -0.2) is 40.0 Å². The predicted molar refractivity (Wildman–Crippen MR) is 70.8 cm³/mol. The van der Waals surface area contributed by atoms with Gasteiger partial charge in [0.2, 0.25) is 23.1 Å². The number of carbonyl (C=O) groups excluding carboxylic acids is 1. The molecule has 7 nitrogen and oxygen atoms in total. The highest BCUT2D eigenvalue weighted by Gasteiger charge is 2.13. The van der Waals surface area contributed by atoms with Crippen LogP contribution in [0.2, 0.25) is 5.28 Å². The lowest BCUT2D eigenvalue weighted by Crippen LogP contribution is -2.43. The normalized spacial score (nSPS) is 10.9. The summed E-state index contributed by atoms with van der Waals surface area (Å²) >= 11 is 5.71. The Balaban J connectivity index is 2.58. The van der Waals surface area contributed by atoms with Crippen molar-refractivity contribution in [2.24, 2.45) is 0 Å². The Kier molecular flexibility index (Phi) is 4.66. The summed E-state index contributed by atoms with van der Waals surface area (Å²) < 4.78 is 0. The Morgan fingerprint density at radius 1 is 1.22 bits per heavy atom. The number of halogens is 1. The molecule has 0 bridgehead atoms. The van der Waals surface area contributed by atoms with Crippen LogP contribution in [0.5, 0.6) is 0 Å². The summed E-state index contributed by atoms with van der Waals surface area (Å²) in [6.45, 7) is 5.79. The largest absolute Gasteiger partial charge is 0.357 e. The fraction of sp³-hybridized carbons (Fsp3) is 0.600. The number of nitrogens with zero attached hydrogens (tertiary/aromatic N) is 3. The Morgan fingerprint density at radius 2 is 1.83 bits per heavy atom. The van der Waals surface area contributed by atoms with E-state index in [9.17, 15) is 4.79 Å². The molecule has 0 aliphatic carbocycles. The molecule has 0 atom stereocenters. The molecule has 0 aliphatic rings. The van der Waals surface area contributed by atoms with Crippen LogP contribution in [0.1, 0.15) is 20.8 Å². The van der Waals surface area contributed by atoms with E-state index in [2.05, 4.69) is 30.9 Å². The number of aromatic nitrogens is 3. The lowest BCUT2D eigenvalue weighted by Gasteiger charge is -2.20. The molecule has 1 rings (SSSR count). The molecule has 3 N–H and O–H groups in total. The van der Waals surface area contributed by atoms with Crippen LogP contribution >= 0.6 is 11.6 Å². The van der Waals surface area contributed by atoms with Gasteiger partial charge >= 0.3 is 0 Å². The highest BCUT2D eigenvalue weighted by Crippen LogP contribution is 2.08. The van der Waals surface area contributed by atoms with Crippen molar-refractivity contribution < 1.29 is 4.79 Å². The molecular weight excluding hydrogens is 256 g/mol. The van der Waals surface area contributed by atoms with E-state index in [1.807, 2.05) is 20.8 Å². The van der Waals surface area contributed by atoms with Crippen LogP contribution in [0.4, 0.5) is 11.9 Å². The van der Waals surface area contributed by atoms with Gasteiger partial charge in [0.1, 0.15) is 0 Å². The average Bonchev–Trinajstić information content (AvgIpc) is 2.23. The minimum Gasteiger partial charge on any atom is -0.357 e. The SMILES string of the molecule is CNc1nc(Cl)nc(NCC(=O)NC(C)(C)C)n1. The summed E-state index contributed by atoms with van der Waals surface area (Å²) in [5, 5.41) is 8.41. The van der Waals surface area contributed by atoms with E-state index in [0.717, 1.165) is 0 Å². The smallest absolute Gasteiger partial charge is 0.239 e. The van der Waals surface area contributed by atoms with Gasteiger partial charge in [-0.05, 0) is 32.4 Å². The molecule has 1 aromatic rings. The van der Waals surface area contributed by atoms with Crippen LogP contribution in [-0.2, 0) is 4.79 Å². The maximum absolute atomic E-state index is 11.6. The predicted octanol–water partition coefficient (Wildman–Crippen LogP) is 0.893. The maximum Gasteiger partial charge on any atom is 0.239 e. The Labute approximate surface area is 111 Å². The molecule has 0 fully saturated rings. The van der Waals surface area contributed by atoms with Crippen molar-refractivity contribution in [1.82, 2.24) is 20.3 Å². The van der Waals surface area contributed by atoms with E-state index >= 15 is 0 Å². The highest BCUT2D eigenvalue weighted by atomic mass is 35.5. The molecule has 0 aliphatic heterocycles. The molecule has 1 amide bonds. The van der Waals surface area contributed by atoms with Gasteiger partial charge in [-0.25, -0.2) is 0 Å². The number of hydrogen-bond donors (Lipinski definition) is 3. The van der Waals surface area contributed by atoms with E-state index in [1.165, 1.54) is 0 Å². The molecule has 8 heteroatoms. The number of nitrogens with one attached hydrogen (secondary N) is 3. The van der Waals surface area contributed by atoms with Crippen molar-refractivity contribution >= 4 is 29.4 Å². The molecule has 0 saturated heterocycles. The number of carbonyl (C=O) groups is 1. The van der Waals surface area contributed by atoms with Crippen molar-refractivity contribution in [3.05, 3.63) is 5.28 Å². The summed E-state index contributed by atoms with van der Waals surface area (Å²) in [6.07, 6.45) is 0. The van der Waals surface area contributed by atoms with E-state index in [1.54, 1.807) is 7.05 Å². The van der Waals surface area contributed by atoms with Gasteiger partial charge in [-0.1, -0.05) is 0 Å². The van der Waals surface area contributed by atoms with Gasteiger partial charge in [-0.15, -0.1) is 0 Å². The van der Waals surface area contributed by atoms with Crippen molar-refractivity contribution in [2.75, 3.05) is 24.2 Å². The molecule has 0 aromatic carbocycles. The standard InChI is InChI=1S/C10H17ClN6O/c1-10(2,3)17-6(18)5-13-9-15-7(11)14-8(12-4)16-9/h5H2,1-4H3,(H,17,18)(H2,12,13,14,15,16). The van der Waals surface area contributed by atoms with Gasteiger partial charge in [0.15, 0.2) is 0 Å². The van der Waals surface area contributed by atoms with E-state index < -0.39 is 0 Å². The number of hydrogen-bond acceptors (Lipinski definition) is 6. The molecule has 1 heterocycles. The molecule has 18 heavy (non-hydrogen) atoms. The second-order valence-electron chi connectivity index (χ2n) is 4.65. The first-order valence-electron chi connectivity index (χ1n) is 5.44. The lowest BCUT2D eigenvalue weighted by atomic mass is 10.1. The first kappa shape index (κ1) is 14.4. The van der Waals surface area contributed by atoms with Crippen LogP contribution in [0.3, 0.4) is 0 Å². The third-order valence-corrected chi connectivity index (χ3v) is 1.92. The van der Waals surface area contributed by atoms with E-state index in [4.69, 9.17) is 11.6 Å². The summed E-state index contributed by atoms with van der Waals surface area (Å²) in [7, 11) is 1.67. The Bertz CT molecular complexity index is 431. The first-order valence-corrected chi connectivity index (χ1v) is 5.82. The molecule has 0 radical (unpaired) electrons. The topological polar surface area (TPSA) is 91.8 Å². The number of anilines is 2. The zero-order valence-corrected chi connectivity index (χ0v) is 11.6. The van der Waals surface area contributed by atoms with Gasteiger partial charge in [0.25, 0.3) is 0 Å². The molecule has 0 spiro atoms. The van der Waals surface area contributed by atoms with Crippen LogP contribution < -0.4 is 16.0 Å². The molecule has 0 unspecified atom stereocenters. The maximum atomic E-state index is 11.6. The number of rotatable bonds is 4. The summed E-state index contributed by atoms with van der Waals surface area (Å²) in [6, 6.07) is 0. The van der Waals surface area contributed by atoms with Crippen molar-refractivity contribution in [3.63, 3.8) is 0 Å². The minimum absolute atomic E-state index is 0.0630.